The topological polar surface area (TPSA) is 104 Å². The first-order valence-electron chi connectivity index (χ1n) is 10.8. The standard InChI is InChI=1S/C23H27N5O4/c1-2-32-19-8-4-3-6-17(19)26-20(29)15-27-18-7-5-11-25-21(18)22(30)28(23(27)31)14-16-9-12-24-13-10-16/h3-4,6,8-10,12-13,18,21,25H,2,5,7,11,14-15H2,1H3,(H,26,29). The Hall–Kier alpha value is -3.46. The van der Waals surface area contributed by atoms with E-state index in [4.69, 9.17) is 4.74 Å². The minimum absolute atomic E-state index is 0.135. The minimum Gasteiger partial charge on any atom is -0.492 e. The van der Waals surface area contributed by atoms with E-state index in [1.54, 1.807) is 42.7 Å². The van der Waals surface area contributed by atoms with E-state index >= 15 is 0 Å². The molecule has 0 bridgehead atoms. The number of aromatic nitrogens is 1. The van der Waals surface area contributed by atoms with Crippen molar-refractivity contribution < 1.29 is 19.1 Å². The van der Waals surface area contributed by atoms with Crippen LogP contribution in [-0.4, -0.2) is 64.4 Å². The summed E-state index contributed by atoms with van der Waals surface area (Å²) in [4.78, 5) is 46.1. The Morgan fingerprint density at radius 2 is 2.00 bits per heavy atom. The molecule has 2 aliphatic heterocycles. The second-order valence-electron chi connectivity index (χ2n) is 7.81. The SMILES string of the molecule is CCOc1ccccc1NC(=O)CN1C(=O)N(Cc2ccncc2)C(=O)C2NCCCC21. The van der Waals surface area contributed by atoms with Gasteiger partial charge < -0.3 is 20.3 Å². The van der Waals surface area contributed by atoms with Crippen molar-refractivity contribution in [2.75, 3.05) is 25.0 Å². The van der Waals surface area contributed by atoms with Gasteiger partial charge >= 0.3 is 6.03 Å². The maximum atomic E-state index is 13.3. The van der Waals surface area contributed by atoms with Crippen LogP contribution in [0.5, 0.6) is 5.75 Å². The minimum atomic E-state index is -0.521. The molecule has 9 nitrogen and oxygen atoms in total. The van der Waals surface area contributed by atoms with Gasteiger partial charge in [-0.15, -0.1) is 0 Å². The van der Waals surface area contributed by atoms with Crippen LogP contribution in [0.25, 0.3) is 0 Å². The molecule has 1 aromatic carbocycles. The Morgan fingerprint density at radius 1 is 1.22 bits per heavy atom. The number of amides is 4. The monoisotopic (exact) mass is 437 g/mol. The highest BCUT2D eigenvalue weighted by atomic mass is 16.5. The number of ether oxygens (including phenoxy) is 1. The third kappa shape index (κ3) is 4.57. The van der Waals surface area contributed by atoms with Crippen LogP contribution in [0.2, 0.25) is 0 Å². The number of fused-ring (bicyclic) bond motifs is 1. The predicted molar refractivity (Wildman–Crippen MR) is 118 cm³/mol. The van der Waals surface area contributed by atoms with Crippen molar-refractivity contribution in [1.82, 2.24) is 20.1 Å². The number of pyridine rings is 1. The first-order chi connectivity index (χ1) is 15.6. The van der Waals surface area contributed by atoms with Gasteiger partial charge in [-0.25, -0.2) is 4.79 Å². The van der Waals surface area contributed by atoms with Gasteiger partial charge in [0.05, 0.1) is 24.9 Å². The largest absolute Gasteiger partial charge is 0.492 e. The highest BCUT2D eigenvalue weighted by molar-refractivity contribution is 6.03. The van der Waals surface area contributed by atoms with Crippen LogP contribution in [0.1, 0.15) is 25.3 Å². The van der Waals surface area contributed by atoms with Crippen LogP contribution in [0, 0.1) is 0 Å². The fourth-order valence-corrected chi connectivity index (χ4v) is 4.22. The van der Waals surface area contributed by atoms with Crippen LogP contribution in [0.4, 0.5) is 10.5 Å². The van der Waals surface area contributed by atoms with E-state index in [0.29, 0.717) is 31.0 Å². The normalized spacial score (nSPS) is 20.7. The third-order valence-corrected chi connectivity index (χ3v) is 5.70. The third-order valence-electron chi connectivity index (χ3n) is 5.70. The molecular weight excluding hydrogens is 410 g/mol. The fraction of sp³-hybridized carbons (Fsp3) is 0.391. The number of benzene rings is 1. The van der Waals surface area contributed by atoms with Gasteiger partial charge in [-0.3, -0.25) is 19.5 Å². The van der Waals surface area contributed by atoms with Crippen molar-refractivity contribution in [3.8, 4) is 5.75 Å². The summed E-state index contributed by atoms with van der Waals surface area (Å²) >= 11 is 0. The number of nitrogens with one attached hydrogen (secondary N) is 2. The molecule has 2 unspecified atom stereocenters. The van der Waals surface area contributed by atoms with E-state index in [1.807, 2.05) is 13.0 Å². The lowest BCUT2D eigenvalue weighted by molar-refractivity contribution is -0.138. The van der Waals surface area contributed by atoms with E-state index in [-0.39, 0.29) is 30.9 Å². The van der Waals surface area contributed by atoms with Crippen LogP contribution >= 0.6 is 0 Å². The summed E-state index contributed by atoms with van der Waals surface area (Å²) in [6.45, 7) is 3.03. The molecule has 9 heteroatoms. The molecule has 2 N–H and O–H groups in total. The summed E-state index contributed by atoms with van der Waals surface area (Å²) in [6, 6.07) is 9.37. The highest BCUT2D eigenvalue weighted by Crippen LogP contribution is 2.27. The number of hydrogen-bond donors (Lipinski definition) is 2. The smallest absolute Gasteiger partial charge is 0.327 e. The van der Waals surface area contributed by atoms with Crippen molar-refractivity contribution >= 4 is 23.5 Å². The Morgan fingerprint density at radius 3 is 2.78 bits per heavy atom. The van der Waals surface area contributed by atoms with Crippen LogP contribution in [0.15, 0.2) is 48.8 Å². The molecule has 1 aromatic heterocycles. The maximum Gasteiger partial charge on any atom is 0.327 e. The molecule has 168 valence electrons. The number of carbonyl (C=O) groups excluding carboxylic acids is 3. The fourth-order valence-electron chi connectivity index (χ4n) is 4.22. The first kappa shape index (κ1) is 21.8. The zero-order valence-corrected chi connectivity index (χ0v) is 18.0. The molecule has 2 aliphatic rings. The Balaban J connectivity index is 1.53. The molecule has 0 radical (unpaired) electrons. The summed E-state index contributed by atoms with van der Waals surface area (Å²) in [5.74, 6) is -0.0251. The van der Waals surface area contributed by atoms with Crippen molar-refractivity contribution in [2.45, 2.75) is 38.4 Å². The van der Waals surface area contributed by atoms with Crippen molar-refractivity contribution in [3.63, 3.8) is 0 Å². The number of carbonyl (C=O) groups is 3. The lowest BCUT2D eigenvalue weighted by Crippen LogP contribution is -2.70. The van der Waals surface area contributed by atoms with E-state index in [0.717, 1.165) is 12.0 Å². The molecular formula is C23H27N5O4. The van der Waals surface area contributed by atoms with Gasteiger partial charge in [0.2, 0.25) is 11.8 Å². The van der Waals surface area contributed by atoms with E-state index in [1.165, 1.54) is 9.80 Å². The first-order valence-corrected chi connectivity index (χ1v) is 10.8. The predicted octanol–water partition coefficient (Wildman–Crippen LogP) is 2.00. The van der Waals surface area contributed by atoms with Gasteiger partial charge in [-0.2, -0.15) is 0 Å². The van der Waals surface area contributed by atoms with E-state index in [2.05, 4.69) is 15.6 Å². The number of para-hydroxylation sites is 2. The second kappa shape index (κ2) is 9.78. The van der Waals surface area contributed by atoms with Gasteiger partial charge in [0.25, 0.3) is 0 Å². The molecule has 2 fully saturated rings. The summed E-state index contributed by atoms with van der Waals surface area (Å²) < 4.78 is 5.57. The summed E-state index contributed by atoms with van der Waals surface area (Å²) in [6.07, 6.45) is 4.74. The zero-order valence-electron chi connectivity index (χ0n) is 18.0. The maximum absolute atomic E-state index is 13.3. The number of imide groups is 1. The van der Waals surface area contributed by atoms with Gasteiger partial charge in [0.1, 0.15) is 18.3 Å². The molecule has 3 heterocycles. The lowest BCUT2D eigenvalue weighted by atomic mass is 9.93. The van der Waals surface area contributed by atoms with Crippen LogP contribution in [-0.2, 0) is 16.1 Å². The highest BCUT2D eigenvalue weighted by Gasteiger charge is 2.47. The number of anilines is 1. The molecule has 32 heavy (non-hydrogen) atoms. The molecule has 2 atom stereocenters. The van der Waals surface area contributed by atoms with E-state index < -0.39 is 12.1 Å². The Labute approximate surface area is 186 Å². The molecule has 4 amide bonds. The number of hydrogen-bond acceptors (Lipinski definition) is 6. The van der Waals surface area contributed by atoms with Gasteiger partial charge in [0, 0.05) is 12.4 Å². The molecule has 2 aromatic rings. The molecule has 0 spiro atoms. The average molecular weight is 438 g/mol. The molecule has 0 saturated carbocycles. The molecule has 2 saturated heterocycles. The van der Waals surface area contributed by atoms with Crippen molar-refractivity contribution in [2.24, 2.45) is 0 Å². The molecule has 0 aliphatic carbocycles. The Kier molecular flexibility index (Phi) is 6.65. The second-order valence-corrected chi connectivity index (χ2v) is 7.81. The van der Waals surface area contributed by atoms with Gasteiger partial charge in [0.15, 0.2) is 0 Å². The molecule has 4 rings (SSSR count). The van der Waals surface area contributed by atoms with Crippen LogP contribution < -0.4 is 15.4 Å². The number of urea groups is 1. The van der Waals surface area contributed by atoms with Crippen molar-refractivity contribution in [1.29, 1.82) is 0 Å². The van der Waals surface area contributed by atoms with E-state index in [9.17, 15) is 14.4 Å². The summed E-state index contributed by atoms with van der Waals surface area (Å²) in [7, 11) is 0. The zero-order chi connectivity index (χ0) is 22.5. The summed E-state index contributed by atoms with van der Waals surface area (Å²) in [5.41, 5.74) is 1.35. The lowest BCUT2D eigenvalue weighted by Gasteiger charge is -2.46. The van der Waals surface area contributed by atoms with Gasteiger partial charge in [-0.05, 0) is 56.1 Å². The Bertz CT molecular complexity index is 983. The van der Waals surface area contributed by atoms with Gasteiger partial charge in [-0.1, -0.05) is 12.1 Å². The average Bonchev–Trinajstić information content (AvgIpc) is 2.81. The van der Waals surface area contributed by atoms with Crippen molar-refractivity contribution in [3.05, 3.63) is 54.4 Å². The number of rotatable bonds is 7. The summed E-state index contributed by atoms with van der Waals surface area (Å²) in [5, 5.41) is 6.08. The quantitative estimate of drug-likeness (QED) is 0.687. The number of piperidine rings is 1. The number of nitrogens with zero attached hydrogens (tertiary/aromatic N) is 3. The van der Waals surface area contributed by atoms with Crippen LogP contribution in [0.3, 0.4) is 0 Å².